The maximum Gasteiger partial charge on any atom is 0.175 e. The molecular weight excluding hydrogens is 334 g/mol. The lowest BCUT2D eigenvalue weighted by Gasteiger charge is -2.12. The number of hydrogen-bond acceptors (Lipinski definition) is 4. The Morgan fingerprint density at radius 3 is 2.57 bits per heavy atom. The number of sulfone groups is 1. The van der Waals surface area contributed by atoms with Crippen molar-refractivity contribution in [2.45, 2.75) is 24.3 Å². The van der Waals surface area contributed by atoms with Gasteiger partial charge in [-0.25, -0.2) is 8.42 Å². The average Bonchev–Trinajstić information content (AvgIpc) is 2.44. The fraction of sp³-hybridized carbons (Fsp3) is 0.235. The van der Waals surface area contributed by atoms with E-state index in [1.165, 1.54) is 6.20 Å². The van der Waals surface area contributed by atoms with Crippen LogP contribution in [0, 0.1) is 0 Å². The van der Waals surface area contributed by atoms with Crippen LogP contribution in [0.3, 0.4) is 0 Å². The Bertz CT molecular complexity index is 852. The van der Waals surface area contributed by atoms with Gasteiger partial charge in [0.25, 0.3) is 0 Å². The van der Waals surface area contributed by atoms with E-state index in [0.29, 0.717) is 21.8 Å². The van der Waals surface area contributed by atoms with Crippen molar-refractivity contribution in [2.75, 3.05) is 6.26 Å². The molecule has 0 aliphatic rings. The number of nitrogens with zero attached hydrogens (tertiary/aromatic N) is 1. The minimum absolute atomic E-state index is 0.229. The molecule has 0 saturated heterocycles. The summed E-state index contributed by atoms with van der Waals surface area (Å²) >= 11 is 6.03. The molecule has 6 heteroatoms. The van der Waals surface area contributed by atoms with Gasteiger partial charge in [0.1, 0.15) is 0 Å². The molecule has 2 rings (SSSR count). The molecule has 0 atom stereocenters. The molecular formula is C17H18ClNO3S. The zero-order chi connectivity index (χ0) is 17.3. The van der Waals surface area contributed by atoms with Crippen LogP contribution >= 0.6 is 11.6 Å². The maximum absolute atomic E-state index is 11.7. The quantitative estimate of drug-likeness (QED) is 0.914. The van der Waals surface area contributed by atoms with Crippen molar-refractivity contribution in [2.24, 2.45) is 0 Å². The van der Waals surface area contributed by atoms with E-state index in [4.69, 9.17) is 11.6 Å². The third-order valence-electron chi connectivity index (χ3n) is 3.11. The van der Waals surface area contributed by atoms with E-state index < -0.39 is 15.4 Å². The van der Waals surface area contributed by atoms with Gasteiger partial charge in [0.2, 0.25) is 0 Å². The zero-order valence-corrected chi connectivity index (χ0v) is 14.7. The standard InChI is InChI=1S/C17H18ClNO3S/c1-17(2,20)8-7-16-15(10-13(18)11-19-16)12-5-4-6-14(9-12)23(3,21)22/h4-11,20H,1-3H3. The summed E-state index contributed by atoms with van der Waals surface area (Å²) in [6, 6.07) is 8.33. The topological polar surface area (TPSA) is 67.3 Å². The monoisotopic (exact) mass is 351 g/mol. The lowest BCUT2D eigenvalue weighted by atomic mass is 10.0. The van der Waals surface area contributed by atoms with Crippen molar-refractivity contribution in [1.29, 1.82) is 0 Å². The van der Waals surface area contributed by atoms with Crippen molar-refractivity contribution in [3.05, 3.63) is 53.3 Å². The number of benzene rings is 1. The smallest absolute Gasteiger partial charge is 0.175 e. The van der Waals surface area contributed by atoms with Gasteiger partial charge in [-0.05, 0) is 43.7 Å². The highest BCUT2D eigenvalue weighted by Gasteiger charge is 2.12. The van der Waals surface area contributed by atoms with Crippen molar-refractivity contribution >= 4 is 27.5 Å². The van der Waals surface area contributed by atoms with Gasteiger partial charge in [0.15, 0.2) is 9.84 Å². The Balaban J connectivity index is 2.59. The summed E-state index contributed by atoms with van der Waals surface area (Å²) in [5, 5.41) is 10.3. The highest BCUT2D eigenvalue weighted by Crippen LogP contribution is 2.28. The van der Waals surface area contributed by atoms with E-state index in [2.05, 4.69) is 4.98 Å². The lowest BCUT2D eigenvalue weighted by molar-refractivity contribution is 0.134. The summed E-state index contributed by atoms with van der Waals surface area (Å²) < 4.78 is 23.5. The Hall–Kier alpha value is -1.69. The van der Waals surface area contributed by atoms with Crippen LogP contribution in [0.5, 0.6) is 0 Å². The van der Waals surface area contributed by atoms with Crippen LogP contribution in [0.2, 0.25) is 5.02 Å². The van der Waals surface area contributed by atoms with Crippen LogP contribution in [0.4, 0.5) is 0 Å². The fourth-order valence-electron chi connectivity index (χ4n) is 1.99. The van der Waals surface area contributed by atoms with Gasteiger partial charge in [0.05, 0.1) is 21.2 Å². The van der Waals surface area contributed by atoms with Gasteiger partial charge in [-0.2, -0.15) is 0 Å². The molecule has 122 valence electrons. The Morgan fingerprint density at radius 2 is 1.96 bits per heavy atom. The first kappa shape index (κ1) is 17.7. The third kappa shape index (κ3) is 4.89. The number of halogens is 1. The third-order valence-corrected chi connectivity index (χ3v) is 4.42. The molecule has 0 unspecified atom stereocenters. The van der Waals surface area contributed by atoms with Crippen LogP contribution in [-0.4, -0.2) is 30.4 Å². The Morgan fingerprint density at radius 1 is 1.26 bits per heavy atom. The Labute approximate surface area is 141 Å². The number of rotatable bonds is 4. The molecule has 1 heterocycles. The molecule has 0 amide bonds. The normalized spacial score (nSPS) is 12.7. The highest BCUT2D eigenvalue weighted by molar-refractivity contribution is 7.90. The minimum atomic E-state index is -3.30. The molecule has 0 fully saturated rings. The number of hydrogen-bond donors (Lipinski definition) is 1. The second-order valence-corrected chi connectivity index (χ2v) is 8.33. The van der Waals surface area contributed by atoms with E-state index >= 15 is 0 Å². The second-order valence-electron chi connectivity index (χ2n) is 5.87. The van der Waals surface area contributed by atoms with Crippen molar-refractivity contribution < 1.29 is 13.5 Å². The van der Waals surface area contributed by atoms with Crippen molar-refractivity contribution in [1.82, 2.24) is 4.98 Å². The van der Waals surface area contributed by atoms with Crippen molar-refractivity contribution in [3.8, 4) is 11.1 Å². The lowest BCUT2D eigenvalue weighted by Crippen LogP contribution is -2.13. The number of aromatic nitrogens is 1. The molecule has 0 spiro atoms. The molecule has 1 aromatic carbocycles. The summed E-state index contributed by atoms with van der Waals surface area (Å²) in [4.78, 5) is 4.50. The van der Waals surface area contributed by atoms with Crippen LogP contribution < -0.4 is 0 Å². The van der Waals surface area contributed by atoms with E-state index in [9.17, 15) is 13.5 Å². The van der Waals surface area contributed by atoms with Gasteiger partial charge < -0.3 is 5.11 Å². The molecule has 1 aromatic heterocycles. The molecule has 23 heavy (non-hydrogen) atoms. The van der Waals surface area contributed by atoms with Gasteiger partial charge >= 0.3 is 0 Å². The molecule has 2 aromatic rings. The summed E-state index contributed by atoms with van der Waals surface area (Å²) in [6.45, 7) is 3.31. The van der Waals surface area contributed by atoms with Crippen molar-refractivity contribution in [3.63, 3.8) is 0 Å². The van der Waals surface area contributed by atoms with E-state index in [1.54, 1.807) is 56.3 Å². The van der Waals surface area contributed by atoms with Gasteiger partial charge in [-0.15, -0.1) is 0 Å². The van der Waals surface area contributed by atoms with E-state index in [1.807, 2.05) is 0 Å². The maximum atomic E-state index is 11.7. The van der Waals surface area contributed by atoms with Gasteiger partial charge in [-0.3, -0.25) is 4.98 Å². The van der Waals surface area contributed by atoms with E-state index in [-0.39, 0.29) is 4.90 Å². The van der Waals surface area contributed by atoms with Crippen LogP contribution in [0.1, 0.15) is 19.5 Å². The number of pyridine rings is 1. The van der Waals surface area contributed by atoms with Gasteiger partial charge in [0, 0.05) is 18.0 Å². The fourth-order valence-corrected chi connectivity index (χ4v) is 2.82. The average molecular weight is 352 g/mol. The minimum Gasteiger partial charge on any atom is -0.386 e. The molecule has 0 aliphatic heterocycles. The zero-order valence-electron chi connectivity index (χ0n) is 13.1. The molecule has 0 saturated carbocycles. The highest BCUT2D eigenvalue weighted by atomic mass is 35.5. The molecule has 0 aliphatic carbocycles. The first-order valence-electron chi connectivity index (χ1n) is 6.94. The van der Waals surface area contributed by atoms with Crippen LogP contribution in [-0.2, 0) is 9.84 Å². The summed E-state index contributed by atoms with van der Waals surface area (Å²) in [7, 11) is -3.30. The Kier molecular flexibility index (Phi) is 4.94. The predicted octanol–water partition coefficient (Wildman–Crippen LogP) is 3.59. The largest absolute Gasteiger partial charge is 0.386 e. The summed E-state index contributed by atoms with van der Waals surface area (Å²) in [5.41, 5.74) is 1.01. The van der Waals surface area contributed by atoms with Crippen LogP contribution in [0.15, 0.2) is 47.5 Å². The molecule has 0 bridgehead atoms. The molecule has 0 radical (unpaired) electrons. The SMILES string of the molecule is CC(C)(O)C=Cc1ncc(Cl)cc1-c1cccc(S(C)(=O)=O)c1. The first-order chi connectivity index (χ1) is 10.6. The second kappa shape index (κ2) is 6.43. The van der Waals surface area contributed by atoms with Gasteiger partial charge in [-0.1, -0.05) is 29.8 Å². The summed E-state index contributed by atoms with van der Waals surface area (Å²) in [5.74, 6) is 0. The predicted molar refractivity (Wildman–Crippen MR) is 93.1 cm³/mol. The first-order valence-corrected chi connectivity index (χ1v) is 9.21. The number of aliphatic hydroxyl groups is 1. The molecule has 4 nitrogen and oxygen atoms in total. The van der Waals surface area contributed by atoms with E-state index in [0.717, 1.165) is 6.26 Å². The van der Waals surface area contributed by atoms with Crippen LogP contribution in [0.25, 0.3) is 17.2 Å². The molecule has 1 N–H and O–H groups in total. The summed E-state index contributed by atoms with van der Waals surface area (Å²) in [6.07, 6.45) is 5.99.